The predicted molar refractivity (Wildman–Crippen MR) is 117 cm³/mol. The van der Waals surface area contributed by atoms with Gasteiger partial charge in [-0.3, -0.25) is 0 Å². The number of rotatable bonds is 7. The van der Waals surface area contributed by atoms with Crippen LogP contribution in [0.3, 0.4) is 0 Å². The van der Waals surface area contributed by atoms with Gasteiger partial charge in [-0.05, 0) is 35.4 Å². The van der Waals surface area contributed by atoms with Gasteiger partial charge >= 0.3 is 0 Å². The summed E-state index contributed by atoms with van der Waals surface area (Å²) in [5.41, 5.74) is 2.21. The molecule has 9 heteroatoms. The van der Waals surface area contributed by atoms with E-state index in [4.69, 9.17) is 25.8 Å². The van der Waals surface area contributed by atoms with Crippen LogP contribution in [0.15, 0.2) is 40.7 Å². The first kappa shape index (κ1) is 20.1. The predicted octanol–water partition coefficient (Wildman–Crippen LogP) is 5.27. The summed E-state index contributed by atoms with van der Waals surface area (Å²) in [6.45, 7) is 1.94. The normalized spacial score (nSPS) is 13.0. The Morgan fingerprint density at radius 3 is 2.79 bits per heavy atom. The summed E-state index contributed by atoms with van der Waals surface area (Å²) in [5.74, 6) is 2.92. The van der Waals surface area contributed by atoms with Crippen molar-refractivity contribution in [1.82, 2.24) is 10.2 Å². The second kappa shape index (κ2) is 9.56. The third kappa shape index (κ3) is 5.26. The average molecular weight is 450 g/mol. The van der Waals surface area contributed by atoms with Gasteiger partial charge in [-0.25, -0.2) is 0 Å². The van der Waals surface area contributed by atoms with Crippen molar-refractivity contribution in [2.45, 2.75) is 23.1 Å². The fourth-order valence-electron chi connectivity index (χ4n) is 2.77. The number of ether oxygens (including phenoxy) is 3. The van der Waals surface area contributed by atoms with Crippen molar-refractivity contribution in [2.75, 3.05) is 25.6 Å². The zero-order chi connectivity index (χ0) is 20.1. The number of fused-ring (bicyclic) bond motifs is 1. The number of hydrogen-bond donors (Lipinski definition) is 1. The van der Waals surface area contributed by atoms with E-state index < -0.39 is 0 Å². The number of thioether (sulfide) groups is 1. The van der Waals surface area contributed by atoms with Gasteiger partial charge in [0, 0.05) is 18.7 Å². The lowest BCUT2D eigenvalue weighted by Crippen LogP contribution is -1.98. The Hall–Kier alpha value is -2.16. The quantitative estimate of drug-likeness (QED) is 0.493. The molecule has 2 aromatic carbocycles. The van der Waals surface area contributed by atoms with Crippen molar-refractivity contribution in [2.24, 2.45) is 0 Å². The number of aromatic nitrogens is 2. The number of nitrogens with one attached hydrogen (secondary N) is 1. The molecule has 1 aliphatic heterocycles. The highest BCUT2D eigenvalue weighted by atomic mass is 35.5. The Balaban J connectivity index is 1.33. The topological polar surface area (TPSA) is 65.5 Å². The lowest BCUT2D eigenvalue weighted by atomic mass is 10.2. The van der Waals surface area contributed by atoms with Gasteiger partial charge in [0.1, 0.15) is 5.75 Å². The highest BCUT2D eigenvalue weighted by Gasteiger charge is 2.16. The minimum Gasteiger partial charge on any atom is -0.497 e. The van der Waals surface area contributed by atoms with Gasteiger partial charge in [0.05, 0.1) is 25.3 Å². The lowest BCUT2D eigenvalue weighted by molar-refractivity contribution is 0.297. The van der Waals surface area contributed by atoms with Gasteiger partial charge in [-0.15, -0.1) is 10.2 Å². The van der Waals surface area contributed by atoms with Crippen LogP contribution in [-0.4, -0.2) is 30.5 Å². The second-order valence-electron chi connectivity index (χ2n) is 6.32. The van der Waals surface area contributed by atoms with Crippen LogP contribution in [0.1, 0.15) is 17.5 Å². The molecule has 1 N–H and O–H groups in total. The molecule has 3 aromatic rings. The molecule has 4 rings (SSSR count). The van der Waals surface area contributed by atoms with E-state index in [1.807, 2.05) is 36.4 Å². The zero-order valence-electron chi connectivity index (χ0n) is 15.8. The van der Waals surface area contributed by atoms with Crippen LogP contribution in [-0.2, 0) is 12.3 Å². The number of benzene rings is 2. The van der Waals surface area contributed by atoms with Crippen molar-refractivity contribution in [3.05, 3.63) is 52.5 Å². The first-order valence-corrected chi connectivity index (χ1v) is 11.3. The van der Waals surface area contributed by atoms with Crippen molar-refractivity contribution < 1.29 is 14.2 Å². The van der Waals surface area contributed by atoms with Gasteiger partial charge in [-0.1, -0.05) is 46.8 Å². The molecule has 0 saturated heterocycles. The van der Waals surface area contributed by atoms with E-state index in [1.54, 1.807) is 18.9 Å². The van der Waals surface area contributed by atoms with Crippen LogP contribution in [0, 0.1) is 0 Å². The molecule has 0 atom stereocenters. The van der Waals surface area contributed by atoms with Gasteiger partial charge in [0.25, 0.3) is 0 Å². The Morgan fingerprint density at radius 1 is 1.14 bits per heavy atom. The lowest BCUT2D eigenvalue weighted by Gasteiger charge is -2.11. The molecule has 1 aromatic heterocycles. The van der Waals surface area contributed by atoms with Crippen LogP contribution < -0.4 is 19.5 Å². The third-order valence-electron chi connectivity index (χ3n) is 4.23. The monoisotopic (exact) mass is 449 g/mol. The first-order chi connectivity index (χ1) is 14.2. The number of methoxy groups -OCH3 is 1. The van der Waals surface area contributed by atoms with Gasteiger partial charge < -0.3 is 19.5 Å². The maximum Gasteiger partial charge on any atom is 0.206 e. The van der Waals surface area contributed by atoms with Crippen LogP contribution >= 0.6 is 34.7 Å². The Bertz CT molecular complexity index is 966. The van der Waals surface area contributed by atoms with Crippen molar-refractivity contribution >= 4 is 39.8 Å². The van der Waals surface area contributed by atoms with E-state index in [1.165, 1.54) is 11.3 Å². The molecule has 0 amide bonds. The second-order valence-corrected chi connectivity index (χ2v) is 8.93. The molecular weight excluding hydrogens is 430 g/mol. The van der Waals surface area contributed by atoms with Crippen molar-refractivity contribution in [1.29, 1.82) is 0 Å². The summed E-state index contributed by atoms with van der Waals surface area (Å²) in [6, 6.07) is 11.8. The van der Waals surface area contributed by atoms with Crippen LogP contribution in [0.2, 0.25) is 5.02 Å². The van der Waals surface area contributed by atoms with Crippen LogP contribution in [0.25, 0.3) is 0 Å². The molecule has 0 bridgehead atoms. The molecule has 0 saturated carbocycles. The summed E-state index contributed by atoms with van der Waals surface area (Å²) in [4.78, 5) is 0. The highest BCUT2D eigenvalue weighted by molar-refractivity contribution is 8.00. The number of anilines is 1. The molecule has 29 heavy (non-hydrogen) atoms. The molecule has 0 fully saturated rings. The fourth-order valence-corrected chi connectivity index (χ4v) is 4.74. The maximum atomic E-state index is 6.37. The molecule has 2 heterocycles. The zero-order valence-corrected chi connectivity index (χ0v) is 18.2. The number of nitrogens with zero attached hydrogens (tertiary/aromatic N) is 2. The Kier molecular flexibility index (Phi) is 6.63. The minimum absolute atomic E-state index is 0.583. The summed E-state index contributed by atoms with van der Waals surface area (Å²) < 4.78 is 17.5. The summed E-state index contributed by atoms with van der Waals surface area (Å²) in [7, 11) is 1.66. The van der Waals surface area contributed by atoms with Gasteiger partial charge in [0.2, 0.25) is 5.13 Å². The van der Waals surface area contributed by atoms with Crippen LogP contribution in [0.4, 0.5) is 5.13 Å². The number of hydrogen-bond acceptors (Lipinski definition) is 8. The SMILES string of the molecule is COc1ccc(CNc2nnc(SCc3cc(Cl)c4c(c3)OCCCO4)s2)cc1. The van der Waals surface area contributed by atoms with Crippen molar-refractivity contribution in [3.63, 3.8) is 0 Å². The van der Waals surface area contributed by atoms with E-state index >= 15 is 0 Å². The number of halogens is 1. The molecule has 0 unspecified atom stereocenters. The Labute approximate surface area is 182 Å². The van der Waals surface area contributed by atoms with E-state index in [0.29, 0.717) is 36.3 Å². The first-order valence-electron chi connectivity index (χ1n) is 9.12. The molecule has 1 aliphatic rings. The van der Waals surface area contributed by atoms with Crippen molar-refractivity contribution in [3.8, 4) is 17.2 Å². The standard InChI is InChI=1S/C20H20ClN3O3S2/c1-25-15-5-3-13(4-6-15)11-22-19-23-24-20(29-19)28-12-14-9-16(21)18-17(10-14)26-7-2-8-27-18/h3-6,9-10H,2,7-8,11-12H2,1H3,(H,22,23). The molecule has 0 aliphatic carbocycles. The molecule has 152 valence electrons. The molecule has 0 radical (unpaired) electrons. The Morgan fingerprint density at radius 2 is 1.97 bits per heavy atom. The summed E-state index contributed by atoms with van der Waals surface area (Å²) in [6.07, 6.45) is 0.853. The van der Waals surface area contributed by atoms with Gasteiger partial charge in [-0.2, -0.15) is 0 Å². The summed E-state index contributed by atoms with van der Waals surface area (Å²) in [5, 5.41) is 13.2. The molecule has 0 spiro atoms. The van der Waals surface area contributed by atoms with Crippen LogP contribution in [0.5, 0.6) is 17.2 Å². The molecule has 6 nitrogen and oxygen atoms in total. The third-order valence-corrected chi connectivity index (χ3v) is 6.60. The largest absolute Gasteiger partial charge is 0.497 e. The molecular formula is C20H20ClN3O3S2. The average Bonchev–Trinajstić information content (AvgIpc) is 3.06. The van der Waals surface area contributed by atoms with E-state index in [2.05, 4.69) is 15.5 Å². The summed E-state index contributed by atoms with van der Waals surface area (Å²) >= 11 is 9.52. The fraction of sp³-hybridized carbons (Fsp3) is 0.300. The van der Waals surface area contributed by atoms with E-state index in [0.717, 1.165) is 38.5 Å². The maximum absolute atomic E-state index is 6.37. The minimum atomic E-state index is 0.583. The highest BCUT2D eigenvalue weighted by Crippen LogP contribution is 2.39. The van der Waals surface area contributed by atoms with E-state index in [-0.39, 0.29) is 0 Å². The van der Waals surface area contributed by atoms with E-state index in [9.17, 15) is 0 Å². The van der Waals surface area contributed by atoms with Gasteiger partial charge in [0.15, 0.2) is 15.8 Å². The smallest absolute Gasteiger partial charge is 0.206 e.